The smallest absolute Gasteiger partial charge is 0.0836 e. The van der Waals surface area contributed by atoms with E-state index in [4.69, 9.17) is 9.47 Å². The van der Waals surface area contributed by atoms with Gasteiger partial charge in [-0.1, -0.05) is 206 Å². The third-order valence-corrected chi connectivity index (χ3v) is 10.1. The maximum absolute atomic E-state index is 6.29. The third kappa shape index (κ3) is 33.6. The first-order chi connectivity index (χ1) is 22.4. The Morgan fingerprint density at radius 1 is 0.333 bits per heavy atom. The average molecular weight is 638 g/mol. The van der Waals surface area contributed by atoms with Crippen molar-refractivity contribution in [3.63, 3.8) is 0 Å². The minimum absolute atomic E-state index is 0.373. The maximum atomic E-state index is 6.29. The van der Waals surface area contributed by atoms with E-state index in [0.717, 1.165) is 13.2 Å². The quantitative estimate of drug-likeness (QED) is 0.0695. The first kappa shape index (κ1) is 44.9. The monoisotopic (exact) mass is 638 g/mol. The lowest BCUT2D eigenvalue weighted by Crippen LogP contribution is -2.27. The van der Waals surface area contributed by atoms with Gasteiger partial charge >= 0.3 is 0 Å². The molecule has 1 rings (SSSR count). The van der Waals surface area contributed by atoms with Gasteiger partial charge in [0.2, 0.25) is 0 Å². The van der Waals surface area contributed by atoms with Crippen LogP contribution in [-0.2, 0) is 9.47 Å². The van der Waals surface area contributed by atoms with E-state index >= 15 is 0 Å². The van der Waals surface area contributed by atoms with Gasteiger partial charge < -0.3 is 15.2 Å². The molecule has 0 bridgehead atoms. The molecule has 0 aromatic rings. The van der Waals surface area contributed by atoms with Crippen LogP contribution in [0.3, 0.4) is 0 Å². The zero-order valence-electron chi connectivity index (χ0n) is 31.7. The van der Waals surface area contributed by atoms with Crippen molar-refractivity contribution in [2.45, 2.75) is 251 Å². The largest absolute Gasteiger partial charge is 0.376 e. The van der Waals surface area contributed by atoms with Gasteiger partial charge in [-0.2, -0.15) is 0 Å². The van der Waals surface area contributed by atoms with Crippen LogP contribution in [0.25, 0.3) is 0 Å². The second-order valence-electron chi connectivity index (χ2n) is 14.4. The van der Waals surface area contributed by atoms with Crippen molar-refractivity contribution in [3.05, 3.63) is 0 Å². The summed E-state index contributed by atoms with van der Waals surface area (Å²) >= 11 is 0. The Morgan fingerprint density at radius 3 is 0.756 bits per heavy atom. The number of ether oxygens (including phenoxy) is 2. The molecule has 1 aliphatic carbocycles. The second-order valence-corrected chi connectivity index (χ2v) is 14.4. The summed E-state index contributed by atoms with van der Waals surface area (Å²) in [6.07, 6.45) is 50.1. The fourth-order valence-corrected chi connectivity index (χ4v) is 7.04. The van der Waals surface area contributed by atoms with Gasteiger partial charge in [-0.05, 0) is 39.2 Å². The number of hydrogen-bond donors (Lipinski definition) is 1. The number of hydrogen-bond acceptors (Lipinski definition) is 3. The van der Waals surface area contributed by atoms with E-state index in [2.05, 4.69) is 19.6 Å². The molecule has 3 nitrogen and oxygen atoms in total. The Kier molecular flexibility index (Phi) is 39.9. The molecular formula is C42H87NO2. The van der Waals surface area contributed by atoms with E-state index in [0.29, 0.717) is 12.2 Å². The molecule has 45 heavy (non-hydrogen) atoms. The van der Waals surface area contributed by atoms with Crippen molar-refractivity contribution in [2.75, 3.05) is 20.3 Å². The van der Waals surface area contributed by atoms with Gasteiger partial charge in [0.1, 0.15) is 0 Å². The molecule has 2 atom stereocenters. The van der Waals surface area contributed by atoms with Gasteiger partial charge in [0.25, 0.3) is 0 Å². The third-order valence-electron chi connectivity index (χ3n) is 10.1. The summed E-state index contributed by atoms with van der Waals surface area (Å²) in [5.41, 5.74) is 4.50. The van der Waals surface area contributed by atoms with Crippen molar-refractivity contribution in [3.8, 4) is 0 Å². The minimum atomic E-state index is 0.373. The molecule has 3 heteroatoms. The SMILES string of the molecule is CCCCCCCCCCCCCCCCCCO[C@@H]1CCC[C@H]1OCCCCCCCCCCCCCCCCCC.CN. The highest BCUT2D eigenvalue weighted by Crippen LogP contribution is 2.26. The highest BCUT2D eigenvalue weighted by molar-refractivity contribution is 4.79. The molecule has 0 heterocycles. The molecule has 1 aliphatic rings. The fraction of sp³-hybridized carbons (Fsp3) is 1.00. The van der Waals surface area contributed by atoms with Gasteiger partial charge in [0, 0.05) is 13.2 Å². The van der Waals surface area contributed by atoms with Crippen LogP contribution < -0.4 is 5.73 Å². The van der Waals surface area contributed by atoms with Crippen LogP contribution in [0.1, 0.15) is 239 Å². The van der Waals surface area contributed by atoms with E-state index in [9.17, 15) is 0 Å². The van der Waals surface area contributed by atoms with Crippen molar-refractivity contribution in [1.82, 2.24) is 0 Å². The Bertz CT molecular complexity index is 469. The van der Waals surface area contributed by atoms with Gasteiger partial charge in [0.15, 0.2) is 0 Å². The van der Waals surface area contributed by atoms with Crippen LogP contribution in [0, 0.1) is 0 Å². The highest BCUT2D eigenvalue weighted by atomic mass is 16.5. The molecule has 1 saturated carbocycles. The van der Waals surface area contributed by atoms with Crippen LogP contribution in [-0.4, -0.2) is 32.5 Å². The average Bonchev–Trinajstić information content (AvgIpc) is 3.52. The molecule has 0 radical (unpaired) electrons. The van der Waals surface area contributed by atoms with E-state index in [-0.39, 0.29) is 0 Å². The normalized spacial score (nSPS) is 16.3. The summed E-state index contributed by atoms with van der Waals surface area (Å²) in [6, 6.07) is 0. The van der Waals surface area contributed by atoms with Crippen LogP contribution in [0.5, 0.6) is 0 Å². The van der Waals surface area contributed by atoms with E-state index in [1.54, 1.807) is 0 Å². The van der Waals surface area contributed by atoms with Gasteiger partial charge in [-0.15, -0.1) is 0 Å². The summed E-state index contributed by atoms with van der Waals surface area (Å²) in [5, 5.41) is 0. The number of nitrogens with two attached hydrogens (primary N) is 1. The molecule has 272 valence electrons. The number of unbranched alkanes of at least 4 members (excludes halogenated alkanes) is 30. The van der Waals surface area contributed by atoms with Crippen molar-refractivity contribution >= 4 is 0 Å². The Labute approximate surface area is 285 Å². The van der Waals surface area contributed by atoms with Crippen LogP contribution in [0.2, 0.25) is 0 Å². The first-order valence-corrected chi connectivity index (χ1v) is 21.2. The van der Waals surface area contributed by atoms with Crippen LogP contribution in [0.15, 0.2) is 0 Å². The molecular weight excluding hydrogens is 550 g/mol. The molecule has 0 spiro atoms. The van der Waals surface area contributed by atoms with E-state index in [1.165, 1.54) is 232 Å². The lowest BCUT2D eigenvalue weighted by molar-refractivity contribution is -0.0578. The van der Waals surface area contributed by atoms with E-state index in [1.807, 2.05) is 0 Å². The van der Waals surface area contributed by atoms with Gasteiger partial charge in [-0.3, -0.25) is 0 Å². The maximum Gasteiger partial charge on any atom is 0.0836 e. The van der Waals surface area contributed by atoms with Crippen LogP contribution >= 0.6 is 0 Å². The van der Waals surface area contributed by atoms with Crippen molar-refractivity contribution in [2.24, 2.45) is 5.73 Å². The molecule has 0 aromatic carbocycles. The molecule has 0 aliphatic heterocycles. The predicted molar refractivity (Wildman–Crippen MR) is 203 cm³/mol. The minimum Gasteiger partial charge on any atom is -0.376 e. The van der Waals surface area contributed by atoms with Crippen LogP contribution in [0.4, 0.5) is 0 Å². The Balaban J connectivity index is 0.00000947. The highest BCUT2D eigenvalue weighted by Gasteiger charge is 2.28. The summed E-state index contributed by atoms with van der Waals surface area (Å²) in [6.45, 7) is 6.50. The lowest BCUT2D eigenvalue weighted by atomic mass is 10.0. The van der Waals surface area contributed by atoms with Crippen molar-refractivity contribution < 1.29 is 9.47 Å². The van der Waals surface area contributed by atoms with E-state index < -0.39 is 0 Å². The summed E-state index contributed by atoms with van der Waals surface area (Å²) < 4.78 is 12.6. The Morgan fingerprint density at radius 2 is 0.533 bits per heavy atom. The van der Waals surface area contributed by atoms with Gasteiger partial charge in [0.05, 0.1) is 12.2 Å². The molecule has 1 fully saturated rings. The second kappa shape index (κ2) is 40.1. The summed E-state index contributed by atoms with van der Waals surface area (Å²) in [7, 11) is 1.50. The first-order valence-electron chi connectivity index (χ1n) is 21.2. The molecule has 0 unspecified atom stereocenters. The topological polar surface area (TPSA) is 44.5 Å². The summed E-state index contributed by atoms with van der Waals surface area (Å²) in [4.78, 5) is 0. The molecule has 0 amide bonds. The zero-order chi connectivity index (χ0) is 32.7. The predicted octanol–water partition coefficient (Wildman–Crippen LogP) is 14.0. The Hall–Kier alpha value is -0.120. The molecule has 0 saturated heterocycles. The van der Waals surface area contributed by atoms with Gasteiger partial charge in [-0.25, -0.2) is 0 Å². The molecule has 2 N–H and O–H groups in total. The molecule has 0 aromatic heterocycles. The lowest BCUT2D eigenvalue weighted by Gasteiger charge is -2.21. The fourth-order valence-electron chi connectivity index (χ4n) is 7.04. The van der Waals surface area contributed by atoms with Crippen molar-refractivity contribution in [1.29, 1.82) is 0 Å². The number of rotatable bonds is 36. The summed E-state index contributed by atoms with van der Waals surface area (Å²) in [5.74, 6) is 0. The standard InChI is InChI=1S/C41H82O2.CH5N/c1-3-5-7-9-11-13-15-17-19-21-23-25-27-29-31-33-38-42-40-36-35-37-41(40)43-39-34-32-30-28-26-24-22-20-18-16-14-12-10-8-6-4-2;1-2/h40-41H,3-39H2,1-2H3;2H2,1H3/t40-,41-;/m1./s1. The zero-order valence-corrected chi connectivity index (χ0v) is 31.7.